The fourth-order valence-corrected chi connectivity index (χ4v) is 4.74. The van der Waals surface area contributed by atoms with Crippen molar-refractivity contribution in [1.82, 2.24) is 4.31 Å². The van der Waals surface area contributed by atoms with Gasteiger partial charge in [0.15, 0.2) is 0 Å². The Morgan fingerprint density at radius 3 is 2.48 bits per heavy atom. The number of piperidine rings is 1. The highest BCUT2D eigenvalue weighted by atomic mass is 32.2. The van der Waals surface area contributed by atoms with Gasteiger partial charge in [0.2, 0.25) is 15.9 Å². The Kier molecular flexibility index (Phi) is 6.92. The number of amides is 1. The molecule has 1 fully saturated rings. The van der Waals surface area contributed by atoms with Gasteiger partial charge in [-0.3, -0.25) is 4.79 Å². The van der Waals surface area contributed by atoms with E-state index < -0.39 is 10.0 Å². The minimum atomic E-state index is -3.48. The maximum absolute atomic E-state index is 12.7. The second-order valence-corrected chi connectivity index (χ2v) is 9.51. The minimum absolute atomic E-state index is 0.182. The molecule has 0 radical (unpaired) electrons. The first kappa shape index (κ1) is 21.3. The van der Waals surface area contributed by atoms with Gasteiger partial charge in [-0.05, 0) is 67.6 Å². The van der Waals surface area contributed by atoms with Gasteiger partial charge < -0.3 is 10.1 Å². The number of carbonyl (C=O) groups is 1. The summed E-state index contributed by atoms with van der Waals surface area (Å²) in [6.45, 7) is 5.52. The molecule has 156 valence electrons. The van der Waals surface area contributed by atoms with Crippen molar-refractivity contribution in [3.63, 3.8) is 0 Å². The van der Waals surface area contributed by atoms with Crippen LogP contribution < -0.4 is 10.1 Å². The summed E-state index contributed by atoms with van der Waals surface area (Å²) in [4.78, 5) is 12.4. The molecule has 2 aromatic carbocycles. The van der Waals surface area contributed by atoms with Crippen molar-refractivity contribution in [2.45, 2.75) is 38.0 Å². The molecule has 29 heavy (non-hydrogen) atoms. The van der Waals surface area contributed by atoms with E-state index in [1.165, 1.54) is 0 Å². The lowest BCUT2D eigenvalue weighted by molar-refractivity contribution is -0.116. The van der Waals surface area contributed by atoms with Crippen LogP contribution in [0.2, 0.25) is 0 Å². The van der Waals surface area contributed by atoms with Crippen LogP contribution in [0.15, 0.2) is 53.4 Å². The fourth-order valence-electron chi connectivity index (χ4n) is 3.27. The minimum Gasteiger partial charge on any atom is -0.493 e. The molecule has 0 aliphatic carbocycles. The lowest BCUT2D eigenvalue weighted by Crippen LogP contribution is -2.37. The van der Waals surface area contributed by atoms with E-state index in [0.717, 1.165) is 24.2 Å². The van der Waals surface area contributed by atoms with Crippen molar-refractivity contribution in [2.75, 3.05) is 25.0 Å². The van der Waals surface area contributed by atoms with E-state index in [0.29, 0.717) is 24.7 Å². The van der Waals surface area contributed by atoms with Crippen molar-refractivity contribution in [2.24, 2.45) is 5.92 Å². The molecule has 1 aliphatic rings. The number of benzene rings is 2. The van der Waals surface area contributed by atoms with Crippen molar-refractivity contribution in [3.8, 4) is 5.75 Å². The van der Waals surface area contributed by atoms with E-state index in [1.807, 2.05) is 31.2 Å². The predicted octanol–water partition coefficient (Wildman–Crippen LogP) is 3.82. The van der Waals surface area contributed by atoms with Gasteiger partial charge >= 0.3 is 0 Å². The molecular formula is C22H28N2O4S. The zero-order chi connectivity index (χ0) is 20.9. The van der Waals surface area contributed by atoms with Gasteiger partial charge in [-0.2, -0.15) is 4.31 Å². The van der Waals surface area contributed by atoms with Gasteiger partial charge in [-0.1, -0.05) is 19.1 Å². The highest BCUT2D eigenvalue weighted by Gasteiger charge is 2.27. The molecule has 0 saturated carbocycles. The molecule has 0 atom stereocenters. The lowest BCUT2D eigenvalue weighted by atomic mass is 10.0. The van der Waals surface area contributed by atoms with E-state index in [9.17, 15) is 13.2 Å². The molecule has 1 heterocycles. The SMILES string of the molecule is Cc1cccc(OCCC(=O)Nc2ccc(S(=O)(=O)N3CCC(C)CC3)cc2)c1. The molecule has 1 aliphatic heterocycles. The second kappa shape index (κ2) is 9.41. The summed E-state index contributed by atoms with van der Waals surface area (Å²) < 4.78 is 32.6. The van der Waals surface area contributed by atoms with E-state index in [2.05, 4.69) is 12.2 Å². The average Bonchev–Trinajstić information content (AvgIpc) is 2.69. The third kappa shape index (κ3) is 5.81. The van der Waals surface area contributed by atoms with Crippen molar-refractivity contribution in [3.05, 3.63) is 54.1 Å². The number of aryl methyl sites for hydroxylation is 1. The smallest absolute Gasteiger partial charge is 0.243 e. The molecule has 0 unspecified atom stereocenters. The highest BCUT2D eigenvalue weighted by molar-refractivity contribution is 7.89. The van der Waals surface area contributed by atoms with Crippen LogP contribution in [-0.2, 0) is 14.8 Å². The summed E-state index contributed by atoms with van der Waals surface area (Å²) in [5.41, 5.74) is 1.66. The maximum atomic E-state index is 12.7. The topological polar surface area (TPSA) is 75.7 Å². The summed E-state index contributed by atoms with van der Waals surface area (Å²) in [5.74, 6) is 1.12. The molecule has 6 nitrogen and oxygen atoms in total. The van der Waals surface area contributed by atoms with Crippen molar-refractivity contribution in [1.29, 1.82) is 0 Å². The van der Waals surface area contributed by atoms with E-state index in [4.69, 9.17) is 4.74 Å². The molecule has 2 aromatic rings. The maximum Gasteiger partial charge on any atom is 0.243 e. The van der Waals surface area contributed by atoms with Crippen LogP contribution in [0.4, 0.5) is 5.69 Å². The summed E-state index contributed by atoms with van der Waals surface area (Å²) in [6, 6.07) is 14.0. The van der Waals surface area contributed by atoms with Crippen LogP contribution in [0, 0.1) is 12.8 Å². The largest absolute Gasteiger partial charge is 0.493 e. The number of hydrogen-bond acceptors (Lipinski definition) is 4. The number of ether oxygens (including phenoxy) is 1. The van der Waals surface area contributed by atoms with Crippen LogP contribution in [-0.4, -0.2) is 38.3 Å². The molecule has 0 bridgehead atoms. The highest BCUT2D eigenvalue weighted by Crippen LogP contribution is 2.24. The zero-order valence-electron chi connectivity index (χ0n) is 16.9. The Morgan fingerprint density at radius 1 is 1.14 bits per heavy atom. The Morgan fingerprint density at radius 2 is 1.83 bits per heavy atom. The number of hydrogen-bond donors (Lipinski definition) is 1. The van der Waals surface area contributed by atoms with Crippen LogP contribution in [0.1, 0.15) is 31.7 Å². The molecular weight excluding hydrogens is 388 g/mol. The number of sulfonamides is 1. The van der Waals surface area contributed by atoms with E-state index >= 15 is 0 Å². The van der Waals surface area contributed by atoms with Gasteiger partial charge in [0.25, 0.3) is 0 Å². The van der Waals surface area contributed by atoms with Crippen LogP contribution >= 0.6 is 0 Å². The fraction of sp³-hybridized carbons (Fsp3) is 0.409. The Bertz CT molecular complexity index is 934. The second-order valence-electron chi connectivity index (χ2n) is 7.57. The molecule has 0 aromatic heterocycles. The van der Waals surface area contributed by atoms with Gasteiger partial charge in [0.05, 0.1) is 17.9 Å². The number of nitrogens with zero attached hydrogens (tertiary/aromatic N) is 1. The third-order valence-electron chi connectivity index (χ3n) is 5.11. The van der Waals surface area contributed by atoms with Gasteiger partial charge in [-0.15, -0.1) is 0 Å². The molecule has 1 saturated heterocycles. The van der Waals surface area contributed by atoms with E-state index in [-0.39, 0.29) is 23.8 Å². The summed E-state index contributed by atoms with van der Waals surface area (Å²) in [5, 5.41) is 2.78. The summed E-state index contributed by atoms with van der Waals surface area (Å²) in [6.07, 6.45) is 1.98. The van der Waals surface area contributed by atoms with Crippen LogP contribution in [0.3, 0.4) is 0 Å². The van der Waals surface area contributed by atoms with Gasteiger partial charge in [-0.25, -0.2) is 8.42 Å². The number of carbonyl (C=O) groups excluding carboxylic acids is 1. The molecule has 1 N–H and O–H groups in total. The third-order valence-corrected chi connectivity index (χ3v) is 7.02. The number of nitrogens with one attached hydrogen (secondary N) is 1. The molecule has 3 rings (SSSR count). The number of anilines is 1. The van der Waals surface area contributed by atoms with Crippen LogP contribution in [0.25, 0.3) is 0 Å². The summed E-state index contributed by atoms with van der Waals surface area (Å²) in [7, 11) is -3.48. The molecule has 7 heteroatoms. The van der Waals surface area contributed by atoms with Crippen molar-refractivity contribution < 1.29 is 17.9 Å². The van der Waals surface area contributed by atoms with Crippen molar-refractivity contribution >= 4 is 21.6 Å². The molecule has 1 amide bonds. The Labute approximate surface area is 172 Å². The normalized spacial score (nSPS) is 15.8. The standard InChI is InChI=1S/C22H28N2O4S/c1-17-10-13-24(14-11-17)29(26,27)21-8-6-19(7-9-21)23-22(25)12-15-28-20-5-3-4-18(2)16-20/h3-9,16-17H,10-15H2,1-2H3,(H,23,25). The average molecular weight is 417 g/mol. The zero-order valence-corrected chi connectivity index (χ0v) is 17.7. The van der Waals surface area contributed by atoms with Gasteiger partial charge in [0.1, 0.15) is 5.75 Å². The van der Waals surface area contributed by atoms with Crippen LogP contribution in [0.5, 0.6) is 5.75 Å². The first-order valence-corrected chi connectivity index (χ1v) is 11.4. The first-order valence-electron chi connectivity index (χ1n) is 9.94. The quantitative estimate of drug-likeness (QED) is 0.744. The summed E-state index contributed by atoms with van der Waals surface area (Å²) >= 11 is 0. The lowest BCUT2D eigenvalue weighted by Gasteiger charge is -2.29. The molecule has 0 spiro atoms. The predicted molar refractivity (Wildman–Crippen MR) is 114 cm³/mol. The van der Waals surface area contributed by atoms with Gasteiger partial charge in [0, 0.05) is 18.8 Å². The number of rotatable bonds is 7. The first-order chi connectivity index (χ1) is 13.8. The van der Waals surface area contributed by atoms with E-state index in [1.54, 1.807) is 28.6 Å². The Balaban J connectivity index is 1.51. The Hall–Kier alpha value is -2.38. The monoisotopic (exact) mass is 416 g/mol.